The Morgan fingerprint density at radius 1 is 1.18 bits per heavy atom. The van der Waals surface area contributed by atoms with Gasteiger partial charge in [-0.3, -0.25) is 10.2 Å². The van der Waals surface area contributed by atoms with E-state index >= 15 is 0 Å². The van der Waals surface area contributed by atoms with Crippen LogP contribution in [0.3, 0.4) is 0 Å². The van der Waals surface area contributed by atoms with E-state index in [4.69, 9.17) is 0 Å². The van der Waals surface area contributed by atoms with Gasteiger partial charge in [0.15, 0.2) is 5.82 Å². The molecule has 0 bridgehead atoms. The number of aromatic nitrogens is 3. The van der Waals surface area contributed by atoms with Crippen molar-refractivity contribution in [2.45, 2.75) is 6.18 Å². The number of nitrogens with zero attached hydrogens (tertiary/aromatic N) is 1. The van der Waals surface area contributed by atoms with E-state index in [-0.39, 0.29) is 16.2 Å². The smallest absolute Gasteiger partial charge is 0.282 e. The molecular weight excluding hydrogens is 258 g/mol. The first-order chi connectivity index (χ1) is 7.88. The highest BCUT2D eigenvalue weighted by atomic mass is 32.1. The molecule has 0 aliphatic heterocycles. The lowest BCUT2D eigenvalue weighted by Crippen LogP contribution is -2.08. The number of hydrogen-bond acceptors (Lipinski definition) is 2. The van der Waals surface area contributed by atoms with E-state index in [1.807, 2.05) is 0 Å². The Bertz CT molecular complexity index is 599. The van der Waals surface area contributed by atoms with Crippen molar-refractivity contribution in [3.63, 3.8) is 0 Å². The van der Waals surface area contributed by atoms with Crippen LogP contribution in [0.15, 0.2) is 18.2 Å². The van der Waals surface area contributed by atoms with Gasteiger partial charge in [-0.15, -0.1) is 0 Å². The van der Waals surface area contributed by atoms with Crippen LogP contribution in [-0.4, -0.2) is 15.2 Å². The van der Waals surface area contributed by atoms with E-state index in [2.05, 4.69) is 27.4 Å². The van der Waals surface area contributed by atoms with Gasteiger partial charge in [-0.05, 0) is 30.4 Å². The minimum absolute atomic E-state index is 0.103. The minimum Gasteiger partial charge on any atom is -0.282 e. The minimum atomic E-state index is -4.74. The summed E-state index contributed by atoms with van der Waals surface area (Å²) in [6.45, 7) is 0. The van der Waals surface area contributed by atoms with Gasteiger partial charge in [0.25, 0.3) is 0 Å². The normalized spacial score (nSPS) is 11.8. The van der Waals surface area contributed by atoms with Crippen LogP contribution in [-0.2, 0) is 6.18 Å². The van der Waals surface area contributed by atoms with E-state index < -0.39 is 17.6 Å². The Labute approximate surface area is 97.5 Å². The molecule has 1 aromatic heterocycles. The number of hydrogen-bond donors (Lipinski definition) is 2. The zero-order chi connectivity index (χ0) is 12.6. The molecule has 0 radical (unpaired) electrons. The average molecular weight is 263 g/mol. The van der Waals surface area contributed by atoms with Gasteiger partial charge in [0, 0.05) is 5.56 Å². The fraction of sp³-hybridized carbons (Fsp3) is 0.111. The molecule has 0 saturated heterocycles. The summed E-state index contributed by atoms with van der Waals surface area (Å²) in [6, 6.07) is 2.60. The first-order valence-electron chi connectivity index (χ1n) is 4.40. The lowest BCUT2D eigenvalue weighted by atomic mass is 10.1. The lowest BCUT2D eigenvalue weighted by molar-refractivity contribution is -0.139. The fourth-order valence-corrected chi connectivity index (χ4v) is 1.44. The van der Waals surface area contributed by atoms with Gasteiger partial charge < -0.3 is 0 Å². The molecule has 0 amide bonds. The SMILES string of the molecule is Fc1ccc(-c2nc(=S)[nH][nH]2)cc1C(F)(F)F. The largest absolute Gasteiger partial charge is 0.419 e. The highest BCUT2D eigenvalue weighted by Crippen LogP contribution is 2.33. The molecule has 1 heterocycles. The maximum Gasteiger partial charge on any atom is 0.419 e. The predicted molar refractivity (Wildman–Crippen MR) is 54.2 cm³/mol. The fourth-order valence-electron chi connectivity index (χ4n) is 1.30. The van der Waals surface area contributed by atoms with Crippen LogP contribution in [0.4, 0.5) is 17.6 Å². The molecule has 0 aliphatic carbocycles. The highest BCUT2D eigenvalue weighted by Gasteiger charge is 2.34. The summed E-state index contributed by atoms with van der Waals surface area (Å²) in [5.41, 5.74) is -1.23. The zero-order valence-electron chi connectivity index (χ0n) is 8.10. The van der Waals surface area contributed by atoms with Crippen LogP contribution >= 0.6 is 12.2 Å². The molecule has 0 atom stereocenters. The van der Waals surface area contributed by atoms with Crippen molar-refractivity contribution in [3.8, 4) is 11.4 Å². The van der Waals surface area contributed by atoms with Crippen molar-refractivity contribution >= 4 is 12.2 Å². The summed E-state index contributed by atoms with van der Waals surface area (Å²) in [5.74, 6) is -1.20. The maximum atomic E-state index is 13.0. The van der Waals surface area contributed by atoms with E-state index in [0.29, 0.717) is 6.07 Å². The third kappa shape index (κ3) is 2.36. The third-order valence-electron chi connectivity index (χ3n) is 2.05. The van der Waals surface area contributed by atoms with Gasteiger partial charge in [0.2, 0.25) is 4.77 Å². The van der Waals surface area contributed by atoms with Crippen LogP contribution in [0.25, 0.3) is 11.4 Å². The summed E-state index contributed by atoms with van der Waals surface area (Å²) < 4.78 is 50.5. The Balaban J connectivity index is 2.55. The second kappa shape index (κ2) is 3.95. The summed E-state index contributed by atoms with van der Waals surface area (Å²) in [4.78, 5) is 3.75. The van der Waals surface area contributed by atoms with Crippen molar-refractivity contribution in [1.29, 1.82) is 0 Å². The van der Waals surface area contributed by atoms with Crippen molar-refractivity contribution in [1.82, 2.24) is 15.2 Å². The van der Waals surface area contributed by atoms with Crippen molar-refractivity contribution in [2.24, 2.45) is 0 Å². The quantitative estimate of drug-likeness (QED) is 0.612. The Morgan fingerprint density at radius 2 is 1.88 bits per heavy atom. The van der Waals surface area contributed by atoms with Crippen molar-refractivity contribution in [2.75, 3.05) is 0 Å². The van der Waals surface area contributed by atoms with E-state index in [9.17, 15) is 17.6 Å². The molecule has 0 aliphatic rings. The molecule has 1 aromatic carbocycles. The molecule has 2 rings (SSSR count). The number of alkyl halides is 3. The number of rotatable bonds is 1. The molecule has 0 fully saturated rings. The maximum absolute atomic E-state index is 13.0. The second-order valence-corrected chi connectivity index (χ2v) is 3.59. The van der Waals surface area contributed by atoms with Gasteiger partial charge in [-0.1, -0.05) is 0 Å². The van der Waals surface area contributed by atoms with Gasteiger partial charge in [-0.2, -0.15) is 18.2 Å². The van der Waals surface area contributed by atoms with Crippen LogP contribution < -0.4 is 0 Å². The van der Waals surface area contributed by atoms with E-state index in [1.54, 1.807) is 0 Å². The molecule has 17 heavy (non-hydrogen) atoms. The third-order valence-corrected chi connectivity index (χ3v) is 2.24. The summed E-state index contributed by atoms with van der Waals surface area (Å²) in [6.07, 6.45) is -4.74. The van der Waals surface area contributed by atoms with E-state index in [0.717, 1.165) is 6.07 Å². The molecule has 2 N–H and O–H groups in total. The first kappa shape index (κ1) is 11.8. The Kier molecular flexibility index (Phi) is 2.74. The molecule has 0 saturated carbocycles. The number of H-pyrrole nitrogens is 2. The molecule has 8 heteroatoms. The first-order valence-corrected chi connectivity index (χ1v) is 4.80. The number of nitrogens with one attached hydrogen (secondary N) is 2. The summed E-state index contributed by atoms with van der Waals surface area (Å²) >= 11 is 4.67. The van der Waals surface area contributed by atoms with Crippen molar-refractivity contribution in [3.05, 3.63) is 34.4 Å². The molecular formula is C9H5F4N3S. The molecule has 3 nitrogen and oxygen atoms in total. The van der Waals surface area contributed by atoms with E-state index in [1.165, 1.54) is 6.07 Å². The molecule has 0 unspecified atom stereocenters. The van der Waals surface area contributed by atoms with Gasteiger partial charge in [0.1, 0.15) is 5.82 Å². The number of benzene rings is 1. The average Bonchev–Trinajstić information content (AvgIpc) is 2.64. The van der Waals surface area contributed by atoms with Crippen LogP contribution in [0.5, 0.6) is 0 Å². The second-order valence-electron chi connectivity index (χ2n) is 3.21. The van der Waals surface area contributed by atoms with Crippen LogP contribution in [0.1, 0.15) is 5.56 Å². The lowest BCUT2D eigenvalue weighted by Gasteiger charge is -2.08. The van der Waals surface area contributed by atoms with Crippen LogP contribution in [0.2, 0.25) is 0 Å². The number of aromatic amines is 2. The number of halogens is 4. The topological polar surface area (TPSA) is 44.5 Å². The molecule has 0 spiro atoms. The van der Waals surface area contributed by atoms with Gasteiger partial charge >= 0.3 is 6.18 Å². The zero-order valence-corrected chi connectivity index (χ0v) is 8.92. The van der Waals surface area contributed by atoms with Gasteiger partial charge in [0.05, 0.1) is 5.56 Å². The van der Waals surface area contributed by atoms with Crippen molar-refractivity contribution < 1.29 is 17.6 Å². The summed E-state index contributed by atoms with van der Waals surface area (Å²) in [5, 5.41) is 4.93. The highest BCUT2D eigenvalue weighted by molar-refractivity contribution is 7.71. The Hall–Kier alpha value is -1.70. The monoisotopic (exact) mass is 263 g/mol. The van der Waals surface area contributed by atoms with Gasteiger partial charge in [-0.25, -0.2) is 4.39 Å². The predicted octanol–water partition coefficient (Wildman–Crippen LogP) is 3.29. The standard InChI is InChI=1S/C9H5F4N3S/c10-6-2-1-4(3-5(6)9(11,12)13)7-14-8(17)16-15-7/h1-3H,(H2,14,15,16,17). The van der Waals surface area contributed by atoms with Crippen LogP contribution in [0, 0.1) is 10.6 Å². The summed E-state index contributed by atoms with van der Waals surface area (Å²) in [7, 11) is 0. The Morgan fingerprint density at radius 3 is 2.41 bits per heavy atom. The molecule has 2 aromatic rings. The molecule has 90 valence electrons.